The van der Waals surface area contributed by atoms with E-state index in [2.05, 4.69) is 27.4 Å². The van der Waals surface area contributed by atoms with E-state index in [1.807, 2.05) is 13.8 Å². The number of thioether (sulfide) groups is 1. The molecule has 0 saturated carbocycles. The molecule has 0 radical (unpaired) electrons. The maximum Gasteiger partial charge on any atom is 0.269 e. The Morgan fingerprint density at radius 3 is 2.49 bits per heavy atom. The van der Waals surface area contributed by atoms with E-state index in [9.17, 15) is 19.7 Å². The number of hydrogen-bond donors (Lipinski definition) is 2. The molecule has 3 rings (SSSR count). The van der Waals surface area contributed by atoms with Gasteiger partial charge in [0.1, 0.15) is 0 Å². The summed E-state index contributed by atoms with van der Waals surface area (Å²) in [5.74, 6) is -0.228. The Balaban J connectivity index is 1.74. The van der Waals surface area contributed by atoms with Crippen molar-refractivity contribution in [3.8, 4) is 0 Å². The van der Waals surface area contributed by atoms with Crippen LogP contribution >= 0.6 is 35.0 Å². The predicted molar refractivity (Wildman–Crippen MR) is 144 cm³/mol. The Kier molecular flexibility index (Phi) is 9.67. The fourth-order valence-electron chi connectivity index (χ4n) is 3.35. The van der Waals surface area contributed by atoms with Crippen LogP contribution in [-0.2, 0) is 11.3 Å². The van der Waals surface area contributed by atoms with Crippen molar-refractivity contribution in [2.45, 2.75) is 31.6 Å². The van der Waals surface area contributed by atoms with E-state index in [1.54, 1.807) is 22.8 Å². The first-order valence-electron chi connectivity index (χ1n) is 11.1. The quantitative estimate of drug-likeness (QED) is 0.136. The van der Waals surface area contributed by atoms with Crippen LogP contribution in [0.2, 0.25) is 10.0 Å². The Hall–Kier alpha value is -3.41. The van der Waals surface area contributed by atoms with Gasteiger partial charge in [-0.1, -0.05) is 54.9 Å². The van der Waals surface area contributed by atoms with Gasteiger partial charge in [-0.3, -0.25) is 19.7 Å². The summed E-state index contributed by atoms with van der Waals surface area (Å²) in [6, 6.07) is 9.68. The molecular weight excluding hydrogens is 539 g/mol. The highest BCUT2D eigenvalue weighted by molar-refractivity contribution is 7.99. The molecule has 3 aromatic rings. The van der Waals surface area contributed by atoms with Gasteiger partial charge in [0.25, 0.3) is 11.6 Å². The van der Waals surface area contributed by atoms with Crippen molar-refractivity contribution in [3.63, 3.8) is 0 Å². The monoisotopic (exact) mass is 562 g/mol. The van der Waals surface area contributed by atoms with Crippen molar-refractivity contribution in [2.24, 2.45) is 5.92 Å². The summed E-state index contributed by atoms with van der Waals surface area (Å²) in [5, 5.41) is 26.1. The molecule has 0 aliphatic rings. The first-order chi connectivity index (χ1) is 17.6. The van der Waals surface area contributed by atoms with Crippen molar-refractivity contribution in [3.05, 3.63) is 86.7 Å². The maximum atomic E-state index is 13.0. The van der Waals surface area contributed by atoms with Crippen LogP contribution in [0.4, 0.5) is 11.4 Å². The lowest BCUT2D eigenvalue weighted by atomic mass is 10.0. The summed E-state index contributed by atoms with van der Waals surface area (Å²) in [5.41, 5.74) is 0.652. The third-order valence-electron chi connectivity index (χ3n) is 5.16. The molecule has 1 atom stereocenters. The van der Waals surface area contributed by atoms with E-state index >= 15 is 0 Å². The third kappa shape index (κ3) is 7.31. The SMILES string of the molecule is C=CCn1c(SCC(=O)Nc2ccc([N+](=O)[O-])cc2)nnc1[C@H](NC(=O)c1ccc(Cl)cc1Cl)C(C)C. The zero-order chi connectivity index (χ0) is 27.1. The van der Waals surface area contributed by atoms with E-state index in [0.717, 1.165) is 11.8 Å². The standard InChI is InChI=1S/C24H24Cl2N6O4S/c1-4-11-31-22(21(14(2)3)28-23(34)18-10-5-15(25)12-19(18)26)29-30-24(31)37-13-20(33)27-16-6-8-17(9-7-16)32(35)36/h4-10,12,14,21H,1,11,13H2,2-3H3,(H,27,33)(H,28,34)/t21-/m1/s1. The summed E-state index contributed by atoms with van der Waals surface area (Å²) in [6.45, 7) is 8.02. The highest BCUT2D eigenvalue weighted by Gasteiger charge is 2.27. The van der Waals surface area contributed by atoms with Crippen molar-refractivity contribution in [1.82, 2.24) is 20.1 Å². The maximum absolute atomic E-state index is 13.0. The van der Waals surface area contributed by atoms with Crippen LogP contribution < -0.4 is 10.6 Å². The number of amides is 2. The number of halogens is 2. The zero-order valence-corrected chi connectivity index (χ0v) is 22.3. The zero-order valence-electron chi connectivity index (χ0n) is 20.0. The van der Waals surface area contributed by atoms with Crippen LogP contribution in [0.1, 0.15) is 36.1 Å². The van der Waals surface area contributed by atoms with E-state index < -0.39 is 11.0 Å². The molecule has 194 valence electrons. The van der Waals surface area contributed by atoms with Gasteiger partial charge in [-0.2, -0.15) is 0 Å². The van der Waals surface area contributed by atoms with Crippen LogP contribution in [0, 0.1) is 16.0 Å². The number of nitro groups is 1. The molecular formula is C24H24Cl2N6O4S. The van der Waals surface area contributed by atoms with Gasteiger partial charge < -0.3 is 15.2 Å². The van der Waals surface area contributed by atoms with Crippen LogP contribution in [0.3, 0.4) is 0 Å². The van der Waals surface area contributed by atoms with Gasteiger partial charge in [-0.15, -0.1) is 16.8 Å². The fraction of sp³-hybridized carbons (Fsp3) is 0.250. The molecule has 0 unspecified atom stereocenters. The summed E-state index contributed by atoms with van der Waals surface area (Å²) >= 11 is 13.3. The lowest BCUT2D eigenvalue weighted by molar-refractivity contribution is -0.384. The Bertz CT molecular complexity index is 1310. The number of rotatable bonds is 11. The summed E-state index contributed by atoms with van der Waals surface area (Å²) < 4.78 is 1.78. The average Bonchev–Trinajstić information content (AvgIpc) is 3.23. The molecule has 10 nitrogen and oxygen atoms in total. The lowest BCUT2D eigenvalue weighted by Gasteiger charge is -2.23. The molecule has 2 amide bonds. The van der Waals surface area contributed by atoms with Gasteiger partial charge >= 0.3 is 0 Å². The molecule has 1 aromatic heterocycles. The molecule has 13 heteroatoms. The number of nitrogens with zero attached hydrogens (tertiary/aromatic N) is 4. The second-order valence-electron chi connectivity index (χ2n) is 8.20. The molecule has 0 spiro atoms. The number of anilines is 1. The van der Waals surface area contributed by atoms with E-state index in [-0.39, 0.29) is 39.8 Å². The molecule has 0 fully saturated rings. The molecule has 2 aromatic carbocycles. The Morgan fingerprint density at radius 2 is 1.89 bits per heavy atom. The van der Waals surface area contributed by atoms with E-state index in [0.29, 0.717) is 28.2 Å². The number of carbonyl (C=O) groups excluding carboxylic acids is 2. The number of carbonyl (C=O) groups is 2. The van der Waals surface area contributed by atoms with Crippen LogP contribution in [0.15, 0.2) is 60.3 Å². The van der Waals surface area contributed by atoms with Crippen molar-refractivity contribution in [2.75, 3.05) is 11.1 Å². The van der Waals surface area contributed by atoms with Crippen molar-refractivity contribution in [1.29, 1.82) is 0 Å². The topological polar surface area (TPSA) is 132 Å². The van der Waals surface area contributed by atoms with Gasteiger partial charge in [0.2, 0.25) is 5.91 Å². The van der Waals surface area contributed by atoms with Crippen molar-refractivity contribution >= 4 is 58.2 Å². The minimum absolute atomic E-state index is 0.0192. The molecule has 0 bridgehead atoms. The predicted octanol–water partition coefficient (Wildman–Crippen LogP) is 5.54. The third-order valence-corrected chi connectivity index (χ3v) is 6.67. The number of aromatic nitrogens is 3. The van der Waals surface area contributed by atoms with Crippen molar-refractivity contribution < 1.29 is 14.5 Å². The minimum atomic E-state index is -0.512. The summed E-state index contributed by atoms with van der Waals surface area (Å²) in [6.07, 6.45) is 1.67. The summed E-state index contributed by atoms with van der Waals surface area (Å²) in [4.78, 5) is 35.7. The fourth-order valence-corrected chi connectivity index (χ4v) is 4.60. The molecule has 37 heavy (non-hydrogen) atoms. The molecule has 2 N–H and O–H groups in total. The highest BCUT2D eigenvalue weighted by atomic mass is 35.5. The Morgan fingerprint density at radius 1 is 1.19 bits per heavy atom. The number of hydrogen-bond acceptors (Lipinski definition) is 7. The van der Waals surface area contributed by atoms with Gasteiger partial charge in [0, 0.05) is 29.4 Å². The van der Waals surface area contributed by atoms with Crippen LogP contribution in [-0.4, -0.2) is 37.3 Å². The van der Waals surface area contributed by atoms with Gasteiger partial charge in [0.05, 0.1) is 27.3 Å². The summed E-state index contributed by atoms with van der Waals surface area (Å²) in [7, 11) is 0. The molecule has 1 heterocycles. The molecule has 0 aliphatic carbocycles. The first-order valence-corrected chi connectivity index (χ1v) is 12.8. The van der Waals surface area contributed by atoms with Gasteiger partial charge in [-0.25, -0.2) is 0 Å². The largest absolute Gasteiger partial charge is 0.342 e. The number of allylic oxidation sites excluding steroid dienone is 1. The second kappa shape index (κ2) is 12.7. The minimum Gasteiger partial charge on any atom is -0.342 e. The van der Waals surface area contributed by atoms with Gasteiger partial charge in [0.15, 0.2) is 11.0 Å². The number of nitrogens with one attached hydrogen (secondary N) is 2. The Labute approximate surface area is 227 Å². The van der Waals surface area contributed by atoms with E-state index in [1.165, 1.54) is 30.3 Å². The first kappa shape index (κ1) is 28.2. The normalized spacial score (nSPS) is 11.7. The van der Waals surface area contributed by atoms with E-state index in [4.69, 9.17) is 23.2 Å². The molecule has 0 saturated heterocycles. The second-order valence-corrected chi connectivity index (χ2v) is 9.99. The molecule has 0 aliphatic heterocycles. The highest BCUT2D eigenvalue weighted by Crippen LogP contribution is 2.27. The van der Waals surface area contributed by atoms with Crippen LogP contribution in [0.5, 0.6) is 0 Å². The smallest absolute Gasteiger partial charge is 0.269 e. The number of nitro benzene ring substituents is 1. The number of benzene rings is 2. The van der Waals surface area contributed by atoms with Gasteiger partial charge in [-0.05, 0) is 36.2 Å². The average molecular weight is 563 g/mol. The lowest BCUT2D eigenvalue weighted by Crippen LogP contribution is -2.34. The van der Waals surface area contributed by atoms with Crippen LogP contribution in [0.25, 0.3) is 0 Å². The number of non-ortho nitro benzene ring substituents is 1.